The van der Waals surface area contributed by atoms with Crippen LogP contribution < -0.4 is 5.73 Å². The van der Waals surface area contributed by atoms with Gasteiger partial charge in [0, 0.05) is 17.8 Å². The van der Waals surface area contributed by atoms with E-state index in [-0.39, 0.29) is 17.0 Å². The third-order valence-corrected chi connectivity index (χ3v) is 4.69. The summed E-state index contributed by atoms with van der Waals surface area (Å²) in [5, 5.41) is 3.73. The number of aromatic nitrogens is 2. The highest BCUT2D eigenvalue weighted by Gasteiger charge is 2.16. The van der Waals surface area contributed by atoms with E-state index < -0.39 is 9.84 Å². The second kappa shape index (κ2) is 4.97. The summed E-state index contributed by atoms with van der Waals surface area (Å²) in [6.45, 7) is 5.62. The molecule has 16 heavy (non-hydrogen) atoms. The molecule has 6 heteroatoms. The molecular weight excluding hydrogens is 226 g/mol. The van der Waals surface area contributed by atoms with E-state index in [1.807, 2.05) is 6.92 Å². The summed E-state index contributed by atoms with van der Waals surface area (Å²) >= 11 is 0. The highest BCUT2D eigenvalue weighted by atomic mass is 32.2. The molecule has 0 aliphatic heterocycles. The molecule has 1 aromatic rings. The van der Waals surface area contributed by atoms with Crippen LogP contribution in [0.15, 0.2) is 12.4 Å². The van der Waals surface area contributed by atoms with E-state index >= 15 is 0 Å². The normalized spacial score (nSPS) is 14.3. The largest absolute Gasteiger partial charge is 0.324 e. The number of hydrogen-bond donors (Lipinski definition) is 1. The van der Waals surface area contributed by atoms with Gasteiger partial charge in [-0.25, -0.2) is 8.42 Å². The van der Waals surface area contributed by atoms with Gasteiger partial charge >= 0.3 is 0 Å². The Morgan fingerprint density at radius 2 is 2.06 bits per heavy atom. The van der Waals surface area contributed by atoms with Gasteiger partial charge in [0.05, 0.1) is 23.7 Å². The van der Waals surface area contributed by atoms with Gasteiger partial charge in [0.1, 0.15) is 0 Å². The quantitative estimate of drug-likeness (QED) is 0.829. The van der Waals surface area contributed by atoms with Gasteiger partial charge in [-0.05, 0) is 20.8 Å². The molecule has 0 aliphatic rings. The average molecular weight is 245 g/mol. The summed E-state index contributed by atoms with van der Waals surface area (Å²) in [5.41, 5.74) is 6.60. The molecule has 1 rings (SSSR count). The Balaban J connectivity index is 2.62. The molecule has 0 amide bonds. The van der Waals surface area contributed by atoms with Crippen LogP contribution in [0.5, 0.6) is 0 Å². The molecule has 0 radical (unpaired) electrons. The number of nitrogens with zero attached hydrogens (tertiary/aromatic N) is 2. The van der Waals surface area contributed by atoms with E-state index in [9.17, 15) is 8.42 Å². The lowest BCUT2D eigenvalue weighted by Crippen LogP contribution is -2.21. The highest BCUT2D eigenvalue weighted by Crippen LogP contribution is 2.08. The third kappa shape index (κ3) is 3.31. The SMILES string of the molecule is CC(N)c1cnn(CCS(=O)(=O)C(C)C)c1. The standard InChI is InChI=1S/C10H19N3O2S/c1-8(2)16(14,15)5-4-13-7-10(6-12-13)9(3)11/h6-9H,4-5,11H2,1-3H3. The van der Waals surface area contributed by atoms with Crippen molar-refractivity contribution < 1.29 is 8.42 Å². The highest BCUT2D eigenvalue weighted by molar-refractivity contribution is 7.91. The maximum atomic E-state index is 11.6. The fourth-order valence-corrected chi connectivity index (χ4v) is 2.11. The topological polar surface area (TPSA) is 78.0 Å². The molecule has 0 fully saturated rings. The number of hydrogen-bond acceptors (Lipinski definition) is 4. The number of sulfone groups is 1. The van der Waals surface area contributed by atoms with Crippen LogP contribution in [-0.4, -0.2) is 29.2 Å². The van der Waals surface area contributed by atoms with Gasteiger partial charge in [0.25, 0.3) is 0 Å². The minimum Gasteiger partial charge on any atom is -0.324 e. The first-order valence-corrected chi connectivity index (χ1v) is 7.04. The number of aryl methyl sites for hydroxylation is 1. The second-order valence-electron chi connectivity index (χ2n) is 4.24. The lowest BCUT2D eigenvalue weighted by atomic mass is 10.2. The first-order valence-electron chi connectivity index (χ1n) is 5.32. The second-order valence-corrected chi connectivity index (χ2v) is 6.92. The molecule has 0 bridgehead atoms. The van der Waals surface area contributed by atoms with E-state index in [1.165, 1.54) is 0 Å². The molecule has 0 aromatic carbocycles. The van der Waals surface area contributed by atoms with E-state index in [0.717, 1.165) is 5.56 Å². The van der Waals surface area contributed by atoms with Crippen LogP contribution in [0.2, 0.25) is 0 Å². The van der Waals surface area contributed by atoms with E-state index in [4.69, 9.17) is 5.73 Å². The predicted octanol–water partition coefficient (Wildman–Crippen LogP) is 0.726. The zero-order valence-corrected chi connectivity index (χ0v) is 10.7. The van der Waals surface area contributed by atoms with Gasteiger partial charge in [-0.3, -0.25) is 4.68 Å². The van der Waals surface area contributed by atoms with E-state index in [0.29, 0.717) is 6.54 Å². The van der Waals surface area contributed by atoms with Crippen LogP contribution in [0.25, 0.3) is 0 Å². The van der Waals surface area contributed by atoms with Crippen molar-refractivity contribution in [1.29, 1.82) is 0 Å². The van der Waals surface area contributed by atoms with Gasteiger partial charge in [0.15, 0.2) is 9.84 Å². The van der Waals surface area contributed by atoms with Crippen molar-refractivity contribution in [2.45, 2.75) is 38.6 Å². The number of rotatable bonds is 5. The predicted molar refractivity (Wildman–Crippen MR) is 63.8 cm³/mol. The van der Waals surface area contributed by atoms with Crippen molar-refractivity contribution in [2.24, 2.45) is 5.73 Å². The van der Waals surface area contributed by atoms with Crippen molar-refractivity contribution in [2.75, 3.05) is 5.75 Å². The Morgan fingerprint density at radius 1 is 1.44 bits per heavy atom. The van der Waals surface area contributed by atoms with Gasteiger partial charge in [-0.1, -0.05) is 0 Å². The third-order valence-electron chi connectivity index (χ3n) is 2.50. The zero-order valence-electron chi connectivity index (χ0n) is 9.92. The Bertz CT molecular complexity index is 435. The summed E-state index contributed by atoms with van der Waals surface area (Å²) in [7, 11) is -3.00. The molecule has 1 aromatic heterocycles. The molecule has 1 unspecified atom stereocenters. The molecule has 1 heterocycles. The maximum Gasteiger partial charge on any atom is 0.154 e. The molecule has 92 valence electrons. The van der Waals surface area contributed by atoms with Crippen molar-refractivity contribution >= 4 is 9.84 Å². The molecule has 5 nitrogen and oxygen atoms in total. The summed E-state index contributed by atoms with van der Waals surface area (Å²) in [6.07, 6.45) is 3.47. The molecular formula is C10H19N3O2S. The first kappa shape index (κ1) is 13.2. The van der Waals surface area contributed by atoms with Crippen LogP contribution in [0.1, 0.15) is 32.4 Å². The van der Waals surface area contributed by atoms with Gasteiger partial charge in [0.2, 0.25) is 0 Å². The van der Waals surface area contributed by atoms with Crippen LogP contribution in [0.4, 0.5) is 0 Å². The Labute approximate surface area is 96.6 Å². The Morgan fingerprint density at radius 3 is 2.50 bits per heavy atom. The summed E-state index contributed by atoms with van der Waals surface area (Å²) in [4.78, 5) is 0. The molecule has 1 atom stereocenters. The lowest BCUT2D eigenvalue weighted by molar-refractivity contribution is 0.572. The Hall–Kier alpha value is -0.880. The molecule has 0 spiro atoms. The first-order chi connectivity index (χ1) is 7.33. The van der Waals surface area contributed by atoms with Crippen molar-refractivity contribution in [3.63, 3.8) is 0 Å². The van der Waals surface area contributed by atoms with Crippen LogP contribution in [0, 0.1) is 0 Å². The van der Waals surface area contributed by atoms with Crippen molar-refractivity contribution in [1.82, 2.24) is 9.78 Å². The van der Waals surface area contributed by atoms with Gasteiger partial charge < -0.3 is 5.73 Å². The monoisotopic (exact) mass is 245 g/mol. The molecule has 0 saturated carbocycles. The lowest BCUT2D eigenvalue weighted by Gasteiger charge is -2.07. The summed E-state index contributed by atoms with van der Waals surface area (Å²) in [6, 6.07) is -0.0737. The summed E-state index contributed by atoms with van der Waals surface area (Å²) < 4.78 is 24.8. The van der Waals surface area contributed by atoms with Gasteiger partial charge in [-0.2, -0.15) is 5.10 Å². The van der Waals surface area contributed by atoms with Gasteiger partial charge in [-0.15, -0.1) is 0 Å². The Kier molecular flexibility index (Phi) is 4.09. The van der Waals surface area contributed by atoms with E-state index in [2.05, 4.69) is 5.10 Å². The average Bonchev–Trinajstić information content (AvgIpc) is 2.63. The fraction of sp³-hybridized carbons (Fsp3) is 0.700. The van der Waals surface area contributed by atoms with Crippen molar-refractivity contribution in [3.05, 3.63) is 18.0 Å². The zero-order chi connectivity index (χ0) is 12.3. The van der Waals surface area contributed by atoms with Crippen LogP contribution in [0.3, 0.4) is 0 Å². The molecule has 0 aliphatic carbocycles. The minimum absolute atomic E-state index is 0.0737. The smallest absolute Gasteiger partial charge is 0.154 e. The van der Waals surface area contributed by atoms with Crippen molar-refractivity contribution in [3.8, 4) is 0 Å². The van der Waals surface area contributed by atoms with Crippen LogP contribution >= 0.6 is 0 Å². The maximum absolute atomic E-state index is 11.6. The molecule has 2 N–H and O–H groups in total. The van der Waals surface area contributed by atoms with E-state index in [1.54, 1.807) is 30.9 Å². The van der Waals surface area contributed by atoms with Crippen LogP contribution in [-0.2, 0) is 16.4 Å². The molecule has 0 saturated heterocycles. The minimum atomic E-state index is -3.00. The summed E-state index contributed by atoms with van der Waals surface area (Å²) in [5.74, 6) is 0.116. The number of nitrogens with two attached hydrogens (primary N) is 1. The fourth-order valence-electron chi connectivity index (χ4n) is 1.19.